The summed E-state index contributed by atoms with van der Waals surface area (Å²) in [7, 11) is 1.32. The molecule has 0 saturated heterocycles. The van der Waals surface area contributed by atoms with Crippen LogP contribution < -0.4 is 5.32 Å². The van der Waals surface area contributed by atoms with Gasteiger partial charge in [0, 0.05) is 6.61 Å². The second-order valence-electron chi connectivity index (χ2n) is 3.15. The van der Waals surface area contributed by atoms with Gasteiger partial charge in [0.1, 0.15) is 4.88 Å². The molecular weight excluding hydrogens is 242 g/mol. The monoisotopic (exact) mass is 257 g/mol. The van der Waals surface area contributed by atoms with Crippen molar-refractivity contribution in [2.45, 2.75) is 13.3 Å². The Balaban J connectivity index is 2.43. The Bertz CT molecular complexity index is 389. The first kappa shape index (κ1) is 13.7. The number of rotatable bonds is 6. The summed E-state index contributed by atoms with van der Waals surface area (Å²) in [4.78, 5) is 23.1. The van der Waals surface area contributed by atoms with E-state index in [0.717, 1.165) is 0 Å². The number of ether oxygens (including phenoxy) is 2. The average Bonchev–Trinajstić information content (AvgIpc) is 2.77. The van der Waals surface area contributed by atoms with Crippen molar-refractivity contribution in [1.29, 1.82) is 0 Å². The Morgan fingerprint density at radius 2 is 2.18 bits per heavy atom. The average molecular weight is 257 g/mol. The van der Waals surface area contributed by atoms with Gasteiger partial charge in [-0.15, -0.1) is 11.3 Å². The SMILES string of the molecule is CCOCCC(=O)Nc1ccc(C(=O)OC)s1. The molecule has 0 spiro atoms. The summed E-state index contributed by atoms with van der Waals surface area (Å²) in [6.45, 7) is 2.87. The molecule has 17 heavy (non-hydrogen) atoms. The highest BCUT2D eigenvalue weighted by atomic mass is 32.1. The zero-order valence-corrected chi connectivity index (χ0v) is 10.6. The highest BCUT2D eigenvalue weighted by Crippen LogP contribution is 2.22. The van der Waals surface area contributed by atoms with E-state index in [1.54, 1.807) is 12.1 Å². The summed E-state index contributed by atoms with van der Waals surface area (Å²) < 4.78 is 9.64. The van der Waals surface area contributed by atoms with Crippen molar-refractivity contribution in [2.24, 2.45) is 0 Å². The third-order valence-corrected chi connectivity index (χ3v) is 2.91. The molecule has 0 unspecified atom stereocenters. The van der Waals surface area contributed by atoms with Gasteiger partial charge in [-0.05, 0) is 19.1 Å². The molecule has 0 saturated carbocycles. The molecule has 0 aromatic carbocycles. The zero-order chi connectivity index (χ0) is 12.7. The lowest BCUT2D eigenvalue weighted by atomic mass is 10.4. The highest BCUT2D eigenvalue weighted by molar-refractivity contribution is 7.18. The maximum atomic E-state index is 11.4. The van der Waals surface area contributed by atoms with Crippen molar-refractivity contribution >= 4 is 28.2 Å². The minimum atomic E-state index is -0.398. The van der Waals surface area contributed by atoms with E-state index in [2.05, 4.69) is 10.1 Å². The van der Waals surface area contributed by atoms with Crippen LogP contribution in [0.3, 0.4) is 0 Å². The van der Waals surface area contributed by atoms with Gasteiger partial charge in [0.05, 0.1) is 25.1 Å². The van der Waals surface area contributed by atoms with E-state index in [1.165, 1.54) is 18.4 Å². The van der Waals surface area contributed by atoms with Crippen molar-refractivity contribution in [1.82, 2.24) is 0 Å². The molecule has 1 aromatic rings. The van der Waals surface area contributed by atoms with E-state index in [-0.39, 0.29) is 5.91 Å². The molecule has 1 rings (SSSR count). The zero-order valence-electron chi connectivity index (χ0n) is 9.82. The Kier molecular flexibility index (Phi) is 5.65. The predicted molar refractivity (Wildman–Crippen MR) is 65.4 cm³/mol. The molecule has 1 aromatic heterocycles. The summed E-state index contributed by atoms with van der Waals surface area (Å²) in [6, 6.07) is 3.30. The lowest BCUT2D eigenvalue weighted by Crippen LogP contribution is -2.13. The smallest absolute Gasteiger partial charge is 0.348 e. The fraction of sp³-hybridized carbons (Fsp3) is 0.455. The number of hydrogen-bond donors (Lipinski definition) is 1. The quantitative estimate of drug-likeness (QED) is 0.624. The molecule has 0 radical (unpaired) electrons. The molecule has 0 bridgehead atoms. The molecule has 94 valence electrons. The van der Waals surface area contributed by atoms with E-state index in [0.29, 0.717) is 29.5 Å². The van der Waals surface area contributed by atoms with Gasteiger partial charge in [0.25, 0.3) is 0 Å². The van der Waals surface area contributed by atoms with Crippen LogP contribution in [0.4, 0.5) is 5.00 Å². The van der Waals surface area contributed by atoms with E-state index in [9.17, 15) is 9.59 Å². The molecule has 1 N–H and O–H groups in total. The summed E-state index contributed by atoms with van der Waals surface area (Å²) in [5, 5.41) is 3.32. The lowest BCUT2D eigenvalue weighted by molar-refractivity contribution is -0.117. The molecule has 0 aliphatic rings. The van der Waals surface area contributed by atoms with Gasteiger partial charge in [0.2, 0.25) is 5.91 Å². The number of methoxy groups -OCH3 is 1. The summed E-state index contributed by atoms with van der Waals surface area (Å²) in [5.74, 6) is -0.526. The largest absolute Gasteiger partial charge is 0.465 e. The minimum Gasteiger partial charge on any atom is -0.465 e. The van der Waals surface area contributed by atoms with Gasteiger partial charge in [-0.3, -0.25) is 4.79 Å². The van der Waals surface area contributed by atoms with Gasteiger partial charge in [-0.25, -0.2) is 4.79 Å². The lowest BCUT2D eigenvalue weighted by Gasteiger charge is -2.02. The van der Waals surface area contributed by atoms with Crippen molar-refractivity contribution in [3.63, 3.8) is 0 Å². The summed E-state index contributed by atoms with van der Waals surface area (Å²) >= 11 is 1.19. The van der Waals surface area contributed by atoms with Gasteiger partial charge in [-0.1, -0.05) is 0 Å². The fourth-order valence-corrected chi connectivity index (χ4v) is 1.97. The molecule has 1 heterocycles. The molecule has 0 fully saturated rings. The van der Waals surface area contributed by atoms with Crippen molar-refractivity contribution in [2.75, 3.05) is 25.6 Å². The van der Waals surface area contributed by atoms with Crippen LogP contribution in [0, 0.1) is 0 Å². The normalized spacial score (nSPS) is 10.0. The van der Waals surface area contributed by atoms with Crippen LogP contribution in [-0.4, -0.2) is 32.2 Å². The molecule has 1 amide bonds. The van der Waals surface area contributed by atoms with E-state index in [4.69, 9.17) is 4.74 Å². The van der Waals surface area contributed by atoms with E-state index >= 15 is 0 Å². The molecule has 0 aliphatic carbocycles. The van der Waals surface area contributed by atoms with Crippen LogP contribution in [0.5, 0.6) is 0 Å². The van der Waals surface area contributed by atoms with Crippen molar-refractivity contribution in [3.8, 4) is 0 Å². The third-order valence-electron chi connectivity index (χ3n) is 1.93. The summed E-state index contributed by atoms with van der Waals surface area (Å²) in [5.41, 5.74) is 0. The number of esters is 1. The van der Waals surface area contributed by atoms with Crippen LogP contribution in [0.25, 0.3) is 0 Å². The van der Waals surface area contributed by atoms with E-state index in [1.807, 2.05) is 6.92 Å². The molecule has 5 nitrogen and oxygen atoms in total. The highest BCUT2D eigenvalue weighted by Gasteiger charge is 2.10. The van der Waals surface area contributed by atoms with Crippen LogP contribution in [-0.2, 0) is 14.3 Å². The Morgan fingerprint density at radius 3 is 2.82 bits per heavy atom. The fourth-order valence-electron chi connectivity index (χ4n) is 1.12. The van der Waals surface area contributed by atoms with Gasteiger partial charge < -0.3 is 14.8 Å². The Labute approximate surface area is 104 Å². The standard InChI is InChI=1S/C11H15NO4S/c1-3-16-7-6-9(13)12-10-5-4-8(17-10)11(14)15-2/h4-5H,3,6-7H2,1-2H3,(H,12,13). The van der Waals surface area contributed by atoms with Gasteiger partial charge >= 0.3 is 5.97 Å². The third kappa shape index (κ3) is 4.54. The van der Waals surface area contributed by atoms with Crippen LogP contribution in [0.15, 0.2) is 12.1 Å². The molecule has 0 atom stereocenters. The summed E-state index contributed by atoms with van der Waals surface area (Å²) in [6.07, 6.45) is 0.305. The first-order chi connectivity index (χ1) is 8.17. The number of carbonyl (C=O) groups excluding carboxylic acids is 2. The number of carbonyl (C=O) groups is 2. The Hall–Kier alpha value is -1.40. The van der Waals surface area contributed by atoms with Crippen LogP contribution in [0.2, 0.25) is 0 Å². The second kappa shape index (κ2) is 7.03. The maximum Gasteiger partial charge on any atom is 0.348 e. The van der Waals surface area contributed by atoms with Gasteiger partial charge in [-0.2, -0.15) is 0 Å². The number of nitrogens with one attached hydrogen (secondary N) is 1. The number of amides is 1. The van der Waals surface area contributed by atoms with Crippen LogP contribution >= 0.6 is 11.3 Å². The van der Waals surface area contributed by atoms with Crippen LogP contribution in [0.1, 0.15) is 23.0 Å². The molecule has 0 aliphatic heterocycles. The number of anilines is 1. The Morgan fingerprint density at radius 1 is 1.41 bits per heavy atom. The number of hydrogen-bond acceptors (Lipinski definition) is 5. The minimum absolute atomic E-state index is 0.128. The first-order valence-electron chi connectivity index (χ1n) is 5.23. The predicted octanol–water partition coefficient (Wildman–Crippen LogP) is 1.90. The van der Waals surface area contributed by atoms with Gasteiger partial charge in [0.15, 0.2) is 0 Å². The maximum absolute atomic E-state index is 11.4. The van der Waals surface area contributed by atoms with Crippen molar-refractivity contribution in [3.05, 3.63) is 17.0 Å². The second-order valence-corrected chi connectivity index (χ2v) is 4.23. The van der Waals surface area contributed by atoms with Crippen molar-refractivity contribution < 1.29 is 19.1 Å². The topological polar surface area (TPSA) is 64.6 Å². The van der Waals surface area contributed by atoms with E-state index < -0.39 is 5.97 Å². The first-order valence-corrected chi connectivity index (χ1v) is 6.04. The molecule has 6 heteroatoms. The number of thiophene rings is 1. The molecular formula is C11H15NO4S.